The van der Waals surface area contributed by atoms with E-state index in [2.05, 4.69) is 5.32 Å². The van der Waals surface area contributed by atoms with E-state index >= 15 is 0 Å². The summed E-state index contributed by atoms with van der Waals surface area (Å²) in [4.78, 5) is 55.0. The minimum absolute atomic E-state index is 0.0137. The summed E-state index contributed by atoms with van der Waals surface area (Å²) in [5.74, 6) is -5.31. The van der Waals surface area contributed by atoms with Gasteiger partial charge in [-0.2, -0.15) is 0 Å². The third kappa shape index (κ3) is 2.37. The van der Waals surface area contributed by atoms with Crippen molar-refractivity contribution < 1.29 is 28.0 Å². The Hall–Kier alpha value is -3.10. The molecule has 3 heterocycles. The van der Waals surface area contributed by atoms with Gasteiger partial charge in [0, 0.05) is 19.0 Å². The van der Waals surface area contributed by atoms with Gasteiger partial charge in [0.25, 0.3) is 11.8 Å². The maximum Gasteiger partial charge on any atom is 0.297 e. The Labute approximate surface area is 176 Å². The van der Waals surface area contributed by atoms with Gasteiger partial charge in [-0.25, -0.2) is 8.78 Å². The van der Waals surface area contributed by atoms with Gasteiger partial charge >= 0.3 is 0 Å². The number of benzene rings is 1. The summed E-state index contributed by atoms with van der Waals surface area (Å²) in [5, 5.41) is 2.98. The smallest absolute Gasteiger partial charge is 0.297 e. The first-order valence-electron chi connectivity index (χ1n) is 10.5. The number of amides is 3. The van der Waals surface area contributed by atoms with Crippen molar-refractivity contribution in [1.82, 2.24) is 15.1 Å². The van der Waals surface area contributed by atoms with Crippen LogP contribution in [0.1, 0.15) is 31.2 Å². The van der Waals surface area contributed by atoms with Crippen LogP contribution in [0.5, 0.6) is 0 Å². The van der Waals surface area contributed by atoms with Crippen molar-refractivity contribution in [1.29, 1.82) is 0 Å². The summed E-state index contributed by atoms with van der Waals surface area (Å²) in [5.41, 5.74) is 0.119. The summed E-state index contributed by atoms with van der Waals surface area (Å²) < 4.78 is 26.7. The van der Waals surface area contributed by atoms with Gasteiger partial charge in [-0.05, 0) is 54.9 Å². The Balaban J connectivity index is 1.35. The molecule has 2 aliphatic carbocycles. The average Bonchev–Trinajstić information content (AvgIpc) is 3.37. The van der Waals surface area contributed by atoms with E-state index in [1.165, 1.54) is 15.9 Å². The normalized spacial score (nSPS) is 33.7. The van der Waals surface area contributed by atoms with E-state index < -0.39 is 46.7 Å². The van der Waals surface area contributed by atoms with E-state index in [0.717, 1.165) is 25.0 Å². The molecular weight excluding hydrogens is 408 g/mol. The van der Waals surface area contributed by atoms with Crippen LogP contribution in [0.15, 0.2) is 29.5 Å². The van der Waals surface area contributed by atoms with Crippen molar-refractivity contribution >= 4 is 23.5 Å². The van der Waals surface area contributed by atoms with Gasteiger partial charge in [-0.15, -0.1) is 0 Å². The Morgan fingerprint density at radius 3 is 2.61 bits per heavy atom. The van der Waals surface area contributed by atoms with Crippen LogP contribution >= 0.6 is 0 Å². The number of carbonyl (C=O) groups is 4. The molecule has 2 unspecified atom stereocenters. The van der Waals surface area contributed by atoms with Gasteiger partial charge in [-0.3, -0.25) is 24.1 Å². The molecule has 9 heteroatoms. The van der Waals surface area contributed by atoms with E-state index in [1.807, 2.05) is 0 Å². The molecule has 1 aromatic carbocycles. The van der Waals surface area contributed by atoms with Crippen LogP contribution in [0.25, 0.3) is 0 Å². The van der Waals surface area contributed by atoms with Gasteiger partial charge in [0.05, 0.1) is 0 Å². The molecule has 6 rings (SSSR count). The number of carbonyl (C=O) groups excluding carboxylic acids is 4. The van der Waals surface area contributed by atoms with Crippen LogP contribution in [-0.2, 0) is 25.7 Å². The number of nitrogens with one attached hydrogen (secondary N) is 1. The van der Waals surface area contributed by atoms with Crippen molar-refractivity contribution in [2.45, 2.75) is 37.9 Å². The second kappa shape index (κ2) is 5.99. The first-order valence-corrected chi connectivity index (χ1v) is 10.5. The lowest BCUT2D eigenvalue weighted by Crippen LogP contribution is -2.60. The molecule has 1 spiro atoms. The van der Waals surface area contributed by atoms with Gasteiger partial charge in [0.15, 0.2) is 11.6 Å². The number of fused-ring (bicyclic) bond motifs is 5. The highest BCUT2D eigenvalue weighted by molar-refractivity contribution is 6.44. The third-order valence-electron chi connectivity index (χ3n) is 7.50. The van der Waals surface area contributed by atoms with E-state index in [1.54, 1.807) is 0 Å². The molecule has 31 heavy (non-hydrogen) atoms. The Kier molecular flexibility index (Phi) is 3.60. The molecule has 2 saturated heterocycles. The molecule has 3 aliphatic heterocycles. The number of hydrogen-bond acceptors (Lipinski definition) is 4. The van der Waals surface area contributed by atoms with Gasteiger partial charge in [0.1, 0.15) is 17.3 Å². The van der Waals surface area contributed by atoms with Crippen LogP contribution < -0.4 is 5.32 Å². The fourth-order valence-corrected chi connectivity index (χ4v) is 5.98. The zero-order valence-corrected chi connectivity index (χ0v) is 16.5. The van der Waals surface area contributed by atoms with E-state index in [4.69, 9.17) is 0 Å². The fraction of sp³-hybridized carbons (Fsp3) is 0.455. The van der Waals surface area contributed by atoms with E-state index in [9.17, 15) is 28.0 Å². The lowest BCUT2D eigenvalue weighted by atomic mass is 9.81. The van der Waals surface area contributed by atoms with E-state index in [-0.39, 0.29) is 31.1 Å². The molecule has 160 valence electrons. The Morgan fingerprint density at radius 1 is 1.13 bits per heavy atom. The van der Waals surface area contributed by atoms with Crippen LogP contribution in [0.3, 0.4) is 0 Å². The summed E-state index contributed by atoms with van der Waals surface area (Å²) in [7, 11) is 0. The largest absolute Gasteiger partial charge is 0.337 e. The number of halogens is 2. The van der Waals surface area contributed by atoms with Gasteiger partial charge < -0.3 is 10.2 Å². The van der Waals surface area contributed by atoms with Gasteiger partial charge in [-0.1, -0.05) is 6.07 Å². The standard InChI is InChI=1S/C22H19F2N3O4/c23-14-2-1-10(7-15(14)24)9-26-6-4-12-16(20(26)30)18(28)21(31)27-17(12)19(29)25-22(27)5-3-11-8-13(11)22/h1-2,7,11,13,16H,3-6,8-9H2,(H,25,29)/t11-,13+,16?,22?/m1/s1. The molecule has 1 aromatic rings. The van der Waals surface area contributed by atoms with Crippen LogP contribution in [-0.4, -0.2) is 45.5 Å². The zero-order valence-electron chi connectivity index (χ0n) is 16.5. The fourth-order valence-electron chi connectivity index (χ4n) is 5.98. The van der Waals surface area contributed by atoms with Crippen molar-refractivity contribution in [2.24, 2.45) is 17.8 Å². The molecule has 3 amide bonds. The van der Waals surface area contributed by atoms with Crippen LogP contribution in [0.4, 0.5) is 8.78 Å². The summed E-state index contributed by atoms with van der Waals surface area (Å²) in [6.45, 7) is 0.203. The molecule has 4 fully saturated rings. The highest BCUT2D eigenvalue weighted by atomic mass is 19.2. The number of rotatable bonds is 2. The second-order valence-corrected chi connectivity index (χ2v) is 9.09. The molecule has 2 saturated carbocycles. The van der Waals surface area contributed by atoms with Gasteiger partial charge in [0.2, 0.25) is 11.7 Å². The predicted octanol–water partition coefficient (Wildman–Crippen LogP) is 1.23. The molecule has 5 aliphatic rings. The molecule has 4 atom stereocenters. The maximum atomic E-state index is 13.5. The Bertz CT molecular complexity index is 1130. The SMILES string of the molecule is O=C1NC2(CC[C@@H]3C[C@@H]32)N2C(=O)C(=O)C3C(=O)N(Cc4ccc(F)c(F)c4)CCC3=C12. The molecule has 0 aromatic heterocycles. The summed E-state index contributed by atoms with van der Waals surface area (Å²) in [6.07, 6.45) is 2.70. The monoisotopic (exact) mass is 427 g/mol. The Morgan fingerprint density at radius 2 is 1.94 bits per heavy atom. The molecular formula is C22H19F2N3O4. The van der Waals surface area contributed by atoms with Crippen LogP contribution in [0.2, 0.25) is 0 Å². The number of Topliss-reactive ketones (excluding diaryl/α,β-unsaturated/α-hetero) is 1. The van der Waals surface area contributed by atoms with Crippen molar-refractivity contribution in [3.05, 3.63) is 46.7 Å². The minimum Gasteiger partial charge on any atom is -0.337 e. The van der Waals surface area contributed by atoms with Crippen LogP contribution in [0, 0.1) is 29.4 Å². The number of likely N-dealkylation sites (tertiary alicyclic amines) is 1. The maximum absolute atomic E-state index is 13.5. The third-order valence-corrected chi connectivity index (χ3v) is 7.50. The highest BCUT2D eigenvalue weighted by Gasteiger charge is 2.69. The summed E-state index contributed by atoms with van der Waals surface area (Å²) in [6, 6.07) is 3.36. The topological polar surface area (TPSA) is 86.8 Å². The van der Waals surface area contributed by atoms with Crippen molar-refractivity contribution in [2.75, 3.05) is 6.54 Å². The zero-order chi connectivity index (χ0) is 21.7. The average molecular weight is 427 g/mol. The van der Waals surface area contributed by atoms with Crippen molar-refractivity contribution in [3.8, 4) is 0 Å². The summed E-state index contributed by atoms with van der Waals surface area (Å²) >= 11 is 0. The second-order valence-electron chi connectivity index (χ2n) is 9.09. The lowest BCUT2D eigenvalue weighted by molar-refractivity contribution is -0.155. The lowest BCUT2D eigenvalue weighted by Gasteiger charge is -2.42. The van der Waals surface area contributed by atoms with E-state index in [0.29, 0.717) is 23.5 Å². The molecule has 7 nitrogen and oxygen atoms in total. The first-order chi connectivity index (χ1) is 14.8. The number of nitrogens with zero attached hydrogens (tertiary/aromatic N) is 2. The predicted molar refractivity (Wildman–Crippen MR) is 100 cm³/mol. The van der Waals surface area contributed by atoms with Crippen molar-refractivity contribution in [3.63, 3.8) is 0 Å². The minimum atomic E-state index is -1.32. The highest BCUT2D eigenvalue weighted by Crippen LogP contribution is 2.61. The quantitative estimate of drug-likeness (QED) is 0.568. The number of hydrogen-bond donors (Lipinski definition) is 1. The molecule has 1 N–H and O–H groups in total. The number of ketones is 1. The first kappa shape index (κ1) is 18.7. The number of piperidine rings is 1. The molecule has 0 bridgehead atoms. The molecule has 0 radical (unpaired) electrons.